The van der Waals surface area contributed by atoms with Crippen LogP contribution in [0.15, 0.2) is 29.1 Å². The van der Waals surface area contributed by atoms with Gasteiger partial charge in [0.15, 0.2) is 0 Å². The molecule has 2 fully saturated rings. The van der Waals surface area contributed by atoms with Gasteiger partial charge in [-0.15, -0.1) is 0 Å². The number of carbonyl (C=O) groups is 1. The number of fused-ring (bicyclic) bond motifs is 1. The van der Waals surface area contributed by atoms with Crippen LogP contribution in [0.25, 0.3) is 6.08 Å². The first-order chi connectivity index (χ1) is 9.29. The molecule has 2 unspecified atom stereocenters. The van der Waals surface area contributed by atoms with E-state index in [9.17, 15) is 4.79 Å². The summed E-state index contributed by atoms with van der Waals surface area (Å²) in [5.41, 5.74) is 0.958. The molecule has 1 aromatic rings. The SMILES string of the molecule is COC(=O)C1C(/C=C/c2ccoc2)ON2CCC[C@@H]12. The zero-order chi connectivity index (χ0) is 13.2. The van der Waals surface area contributed by atoms with Crippen molar-refractivity contribution in [1.29, 1.82) is 0 Å². The van der Waals surface area contributed by atoms with Crippen LogP contribution < -0.4 is 0 Å². The van der Waals surface area contributed by atoms with Gasteiger partial charge in [0.1, 0.15) is 12.0 Å². The summed E-state index contributed by atoms with van der Waals surface area (Å²) in [4.78, 5) is 17.8. The molecular formula is C14H17NO4. The fourth-order valence-electron chi connectivity index (χ4n) is 2.85. The van der Waals surface area contributed by atoms with Gasteiger partial charge in [-0.3, -0.25) is 9.63 Å². The molecule has 2 aliphatic rings. The molecule has 0 aromatic carbocycles. The largest absolute Gasteiger partial charge is 0.472 e. The standard InChI is InChI=1S/C14H17NO4/c1-17-14(16)13-11-3-2-7-15(11)19-12(13)5-4-10-6-8-18-9-10/h4-6,8-9,11-13H,2-3,7H2,1H3/b5-4+/t11-,12?,13?/m0/s1. The van der Waals surface area contributed by atoms with Gasteiger partial charge in [0.05, 0.1) is 25.7 Å². The summed E-state index contributed by atoms with van der Waals surface area (Å²) in [6.45, 7) is 0.883. The van der Waals surface area contributed by atoms with Crippen molar-refractivity contribution in [3.05, 3.63) is 30.2 Å². The lowest BCUT2D eigenvalue weighted by molar-refractivity contribution is -0.148. The Morgan fingerprint density at radius 1 is 1.58 bits per heavy atom. The van der Waals surface area contributed by atoms with Crippen LogP contribution in [0, 0.1) is 5.92 Å². The number of hydrogen-bond acceptors (Lipinski definition) is 5. The summed E-state index contributed by atoms with van der Waals surface area (Å²) in [7, 11) is 1.43. The highest BCUT2D eigenvalue weighted by atomic mass is 16.7. The molecule has 0 bridgehead atoms. The van der Waals surface area contributed by atoms with E-state index in [1.165, 1.54) is 7.11 Å². The van der Waals surface area contributed by atoms with Crippen LogP contribution >= 0.6 is 0 Å². The molecule has 3 atom stereocenters. The second-order valence-electron chi connectivity index (χ2n) is 4.89. The van der Waals surface area contributed by atoms with E-state index in [0.717, 1.165) is 24.9 Å². The fourth-order valence-corrected chi connectivity index (χ4v) is 2.85. The molecule has 0 aliphatic carbocycles. The van der Waals surface area contributed by atoms with E-state index in [2.05, 4.69) is 0 Å². The third-order valence-electron chi connectivity index (χ3n) is 3.77. The van der Waals surface area contributed by atoms with Crippen molar-refractivity contribution in [3.8, 4) is 0 Å². The Morgan fingerprint density at radius 2 is 2.47 bits per heavy atom. The van der Waals surface area contributed by atoms with E-state index in [0.29, 0.717) is 0 Å². The van der Waals surface area contributed by atoms with E-state index < -0.39 is 0 Å². The molecule has 5 nitrogen and oxygen atoms in total. The van der Waals surface area contributed by atoms with Gasteiger partial charge in [0, 0.05) is 12.1 Å². The highest BCUT2D eigenvalue weighted by molar-refractivity contribution is 5.75. The number of rotatable bonds is 3. The molecule has 2 aliphatic heterocycles. The van der Waals surface area contributed by atoms with Gasteiger partial charge in [-0.05, 0) is 18.9 Å². The lowest BCUT2D eigenvalue weighted by Crippen LogP contribution is -2.33. The minimum absolute atomic E-state index is 0.145. The number of nitrogens with zero attached hydrogens (tertiary/aromatic N) is 1. The number of carbonyl (C=O) groups excluding carboxylic acids is 1. The number of ether oxygens (including phenoxy) is 1. The fraction of sp³-hybridized carbons (Fsp3) is 0.500. The highest BCUT2D eigenvalue weighted by Crippen LogP contribution is 2.36. The maximum atomic E-state index is 11.9. The van der Waals surface area contributed by atoms with Gasteiger partial charge in [-0.1, -0.05) is 12.2 Å². The second-order valence-corrected chi connectivity index (χ2v) is 4.89. The number of methoxy groups -OCH3 is 1. The van der Waals surface area contributed by atoms with Crippen LogP contribution in [-0.2, 0) is 14.4 Å². The number of esters is 1. The molecule has 0 radical (unpaired) electrons. The smallest absolute Gasteiger partial charge is 0.313 e. The Hall–Kier alpha value is -1.59. The van der Waals surface area contributed by atoms with Crippen molar-refractivity contribution in [2.45, 2.75) is 25.0 Å². The first kappa shape index (κ1) is 12.4. The number of furan rings is 1. The zero-order valence-corrected chi connectivity index (χ0v) is 10.8. The average Bonchev–Trinajstić information content (AvgIpc) is 3.11. The normalized spacial score (nSPS) is 30.9. The average molecular weight is 263 g/mol. The number of hydrogen-bond donors (Lipinski definition) is 0. The van der Waals surface area contributed by atoms with Gasteiger partial charge < -0.3 is 9.15 Å². The summed E-state index contributed by atoms with van der Waals surface area (Å²) in [5.74, 6) is -0.438. The van der Waals surface area contributed by atoms with E-state index in [1.54, 1.807) is 12.5 Å². The molecular weight excluding hydrogens is 246 g/mol. The lowest BCUT2D eigenvalue weighted by atomic mass is 9.93. The van der Waals surface area contributed by atoms with Gasteiger partial charge >= 0.3 is 5.97 Å². The molecule has 19 heavy (non-hydrogen) atoms. The van der Waals surface area contributed by atoms with Gasteiger partial charge in [-0.2, -0.15) is 5.06 Å². The van der Waals surface area contributed by atoms with Crippen molar-refractivity contribution in [1.82, 2.24) is 5.06 Å². The molecule has 3 rings (SSSR count). The molecule has 0 spiro atoms. The minimum atomic E-state index is -0.257. The first-order valence-electron chi connectivity index (χ1n) is 6.51. The molecule has 0 saturated carbocycles. The molecule has 102 valence electrons. The van der Waals surface area contributed by atoms with E-state index >= 15 is 0 Å². The zero-order valence-electron chi connectivity index (χ0n) is 10.8. The van der Waals surface area contributed by atoms with Crippen LogP contribution in [0.3, 0.4) is 0 Å². The number of hydroxylamine groups is 2. The van der Waals surface area contributed by atoms with Gasteiger partial charge in [-0.25, -0.2) is 0 Å². The Labute approximate surface area is 111 Å². The van der Waals surface area contributed by atoms with Crippen molar-refractivity contribution in [3.63, 3.8) is 0 Å². The van der Waals surface area contributed by atoms with Crippen LogP contribution in [0.2, 0.25) is 0 Å². The third kappa shape index (κ3) is 2.31. The van der Waals surface area contributed by atoms with Crippen molar-refractivity contribution >= 4 is 12.0 Å². The van der Waals surface area contributed by atoms with Crippen molar-refractivity contribution < 1.29 is 18.8 Å². The molecule has 0 N–H and O–H groups in total. The van der Waals surface area contributed by atoms with Crippen molar-refractivity contribution in [2.24, 2.45) is 5.92 Å². The van der Waals surface area contributed by atoms with Crippen molar-refractivity contribution in [2.75, 3.05) is 13.7 Å². The lowest BCUT2D eigenvalue weighted by Gasteiger charge is -2.15. The monoisotopic (exact) mass is 263 g/mol. The predicted octanol–water partition coefficient (Wildman–Crippen LogP) is 1.86. The Bertz CT molecular complexity index is 468. The van der Waals surface area contributed by atoms with Crippen LogP contribution in [0.4, 0.5) is 0 Å². The predicted molar refractivity (Wildman–Crippen MR) is 67.8 cm³/mol. The summed E-state index contributed by atoms with van der Waals surface area (Å²) in [6.07, 6.45) is 8.88. The Morgan fingerprint density at radius 3 is 3.21 bits per heavy atom. The van der Waals surface area contributed by atoms with Crippen LogP contribution in [-0.4, -0.2) is 36.8 Å². The molecule has 5 heteroatoms. The quantitative estimate of drug-likeness (QED) is 0.779. The van der Waals surface area contributed by atoms with E-state index in [-0.39, 0.29) is 24.0 Å². The maximum Gasteiger partial charge on any atom is 0.313 e. The summed E-state index contributed by atoms with van der Waals surface area (Å²) >= 11 is 0. The molecule has 2 saturated heterocycles. The van der Waals surface area contributed by atoms with Crippen LogP contribution in [0.5, 0.6) is 0 Å². The third-order valence-corrected chi connectivity index (χ3v) is 3.77. The highest BCUT2D eigenvalue weighted by Gasteiger charge is 2.48. The first-order valence-corrected chi connectivity index (χ1v) is 6.51. The maximum absolute atomic E-state index is 11.9. The summed E-state index contributed by atoms with van der Waals surface area (Å²) in [6, 6.07) is 2.01. The van der Waals surface area contributed by atoms with Gasteiger partial charge in [0.25, 0.3) is 0 Å². The van der Waals surface area contributed by atoms with E-state index in [4.69, 9.17) is 14.0 Å². The molecule has 1 aromatic heterocycles. The topological polar surface area (TPSA) is 51.9 Å². The minimum Gasteiger partial charge on any atom is -0.472 e. The second kappa shape index (κ2) is 5.19. The Kier molecular flexibility index (Phi) is 3.40. The summed E-state index contributed by atoms with van der Waals surface area (Å²) in [5, 5.41) is 1.92. The van der Waals surface area contributed by atoms with E-state index in [1.807, 2.05) is 23.3 Å². The Balaban J connectivity index is 1.77. The molecule has 3 heterocycles. The van der Waals surface area contributed by atoms with Crippen LogP contribution in [0.1, 0.15) is 18.4 Å². The van der Waals surface area contributed by atoms with Gasteiger partial charge in [0.2, 0.25) is 0 Å². The summed E-state index contributed by atoms with van der Waals surface area (Å²) < 4.78 is 9.92. The molecule has 0 amide bonds.